The Labute approximate surface area is 131 Å². The number of carbonyl (C=O) groups excluding carboxylic acids is 2. The Morgan fingerprint density at radius 1 is 1.27 bits per heavy atom. The predicted octanol–water partition coefficient (Wildman–Crippen LogP) is 3.31. The molecule has 7 heteroatoms. The van der Waals surface area contributed by atoms with Crippen molar-refractivity contribution in [2.24, 2.45) is 0 Å². The number of hydrogen-bond donors (Lipinski definition) is 2. The van der Waals surface area contributed by atoms with E-state index in [1.165, 1.54) is 11.3 Å². The summed E-state index contributed by atoms with van der Waals surface area (Å²) in [5, 5.41) is 5.81. The summed E-state index contributed by atoms with van der Waals surface area (Å²) in [6.45, 7) is 0. The number of benzene rings is 1. The standard InChI is InChI=1S/C15H15N3O3S/c1-21-12-8-3-2-5-9(12)16-14(20)18-15-17-10-6-4-7-11(19)13(10)22-15/h2-3,5,8H,4,6-7H2,1H3,(H2,16,17,18,20). The SMILES string of the molecule is COc1ccccc1NC(=O)Nc1nc2c(s1)C(=O)CCC2. The Kier molecular flexibility index (Phi) is 4.06. The summed E-state index contributed by atoms with van der Waals surface area (Å²) in [4.78, 5) is 28.8. The van der Waals surface area contributed by atoms with Gasteiger partial charge in [-0.1, -0.05) is 23.5 Å². The number of aryl methyl sites for hydroxylation is 1. The van der Waals surface area contributed by atoms with Crippen molar-refractivity contribution >= 4 is 34.0 Å². The molecule has 1 aromatic carbocycles. The highest BCUT2D eigenvalue weighted by atomic mass is 32.1. The first-order chi connectivity index (χ1) is 10.7. The first-order valence-electron chi connectivity index (χ1n) is 6.91. The Bertz CT molecular complexity index is 727. The monoisotopic (exact) mass is 317 g/mol. The zero-order chi connectivity index (χ0) is 15.5. The summed E-state index contributed by atoms with van der Waals surface area (Å²) >= 11 is 1.23. The quantitative estimate of drug-likeness (QED) is 0.910. The van der Waals surface area contributed by atoms with Gasteiger partial charge in [0.05, 0.1) is 23.4 Å². The van der Waals surface area contributed by atoms with Crippen LogP contribution in [0.4, 0.5) is 15.6 Å². The number of rotatable bonds is 3. The van der Waals surface area contributed by atoms with Crippen LogP contribution in [0.25, 0.3) is 0 Å². The maximum absolute atomic E-state index is 12.0. The molecular formula is C15H15N3O3S. The van der Waals surface area contributed by atoms with Crippen LogP contribution in [0.2, 0.25) is 0 Å². The molecule has 0 saturated heterocycles. The lowest BCUT2D eigenvalue weighted by molar-refractivity contribution is 0.0976. The van der Waals surface area contributed by atoms with Gasteiger partial charge in [0, 0.05) is 6.42 Å². The Morgan fingerprint density at radius 3 is 2.86 bits per heavy atom. The minimum Gasteiger partial charge on any atom is -0.495 e. The van der Waals surface area contributed by atoms with E-state index in [0.29, 0.717) is 27.9 Å². The number of ether oxygens (including phenoxy) is 1. The number of carbonyl (C=O) groups is 2. The average Bonchev–Trinajstić information content (AvgIpc) is 2.91. The molecule has 2 amide bonds. The molecule has 1 aliphatic rings. The highest BCUT2D eigenvalue weighted by Crippen LogP contribution is 2.30. The van der Waals surface area contributed by atoms with Gasteiger partial charge in [-0.2, -0.15) is 0 Å². The minimum atomic E-state index is -0.414. The molecule has 1 aromatic heterocycles. The van der Waals surface area contributed by atoms with Gasteiger partial charge in [-0.05, 0) is 25.0 Å². The molecule has 114 valence electrons. The Hall–Kier alpha value is -2.41. The number of nitrogens with zero attached hydrogens (tertiary/aromatic N) is 1. The molecule has 1 heterocycles. The van der Waals surface area contributed by atoms with Gasteiger partial charge in [0.2, 0.25) is 0 Å². The second-order valence-electron chi connectivity index (χ2n) is 4.85. The van der Waals surface area contributed by atoms with Crippen molar-refractivity contribution < 1.29 is 14.3 Å². The van der Waals surface area contributed by atoms with Gasteiger partial charge in [-0.3, -0.25) is 10.1 Å². The van der Waals surface area contributed by atoms with Gasteiger partial charge >= 0.3 is 6.03 Å². The van der Waals surface area contributed by atoms with Crippen LogP contribution in [0.3, 0.4) is 0 Å². The van der Waals surface area contributed by atoms with E-state index in [0.717, 1.165) is 18.5 Å². The molecule has 3 rings (SSSR count). The zero-order valence-corrected chi connectivity index (χ0v) is 12.8. The molecule has 0 unspecified atom stereocenters. The Balaban J connectivity index is 1.71. The molecule has 2 aromatic rings. The molecule has 0 fully saturated rings. The maximum Gasteiger partial charge on any atom is 0.325 e. The average molecular weight is 317 g/mol. The molecule has 0 spiro atoms. The lowest BCUT2D eigenvalue weighted by Crippen LogP contribution is -2.19. The van der Waals surface area contributed by atoms with Gasteiger partial charge in [-0.25, -0.2) is 9.78 Å². The second-order valence-corrected chi connectivity index (χ2v) is 5.85. The number of thiazole rings is 1. The van der Waals surface area contributed by atoms with Crippen molar-refractivity contribution in [2.45, 2.75) is 19.3 Å². The third kappa shape index (κ3) is 2.94. The van der Waals surface area contributed by atoms with Gasteiger partial charge in [0.25, 0.3) is 0 Å². The summed E-state index contributed by atoms with van der Waals surface area (Å²) in [6.07, 6.45) is 2.16. The fraction of sp³-hybridized carbons (Fsp3) is 0.267. The lowest BCUT2D eigenvalue weighted by atomic mass is 10.0. The topological polar surface area (TPSA) is 80.3 Å². The first-order valence-corrected chi connectivity index (χ1v) is 7.73. The van der Waals surface area contributed by atoms with Gasteiger partial charge in [-0.15, -0.1) is 0 Å². The van der Waals surface area contributed by atoms with Crippen molar-refractivity contribution in [3.8, 4) is 5.75 Å². The zero-order valence-electron chi connectivity index (χ0n) is 12.0. The number of ketones is 1. The van der Waals surface area contributed by atoms with Crippen LogP contribution in [0, 0.1) is 0 Å². The third-order valence-corrected chi connectivity index (χ3v) is 4.40. The van der Waals surface area contributed by atoms with Crippen molar-refractivity contribution in [1.29, 1.82) is 0 Å². The van der Waals surface area contributed by atoms with Crippen LogP contribution in [-0.4, -0.2) is 23.9 Å². The number of Topliss-reactive ketones (excluding diaryl/α,β-unsaturated/α-hetero) is 1. The normalized spacial score (nSPS) is 13.4. The number of hydrogen-bond acceptors (Lipinski definition) is 5. The van der Waals surface area contributed by atoms with Gasteiger partial charge < -0.3 is 10.1 Å². The highest BCUT2D eigenvalue weighted by Gasteiger charge is 2.22. The molecule has 1 aliphatic carbocycles. The Morgan fingerprint density at radius 2 is 2.09 bits per heavy atom. The number of para-hydroxylation sites is 2. The van der Waals surface area contributed by atoms with E-state index in [4.69, 9.17) is 4.74 Å². The smallest absolute Gasteiger partial charge is 0.325 e. The first kappa shape index (κ1) is 14.5. The number of nitrogens with one attached hydrogen (secondary N) is 2. The number of urea groups is 1. The van der Waals surface area contributed by atoms with Gasteiger partial charge in [0.1, 0.15) is 5.75 Å². The van der Waals surface area contributed by atoms with Crippen LogP contribution in [-0.2, 0) is 6.42 Å². The van der Waals surface area contributed by atoms with Crippen LogP contribution in [0.5, 0.6) is 5.75 Å². The van der Waals surface area contributed by atoms with Crippen molar-refractivity contribution in [3.05, 3.63) is 34.8 Å². The van der Waals surface area contributed by atoms with Crippen LogP contribution in [0.1, 0.15) is 28.2 Å². The number of fused-ring (bicyclic) bond motifs is 1. The highest BCUT2D eigenvalue weighted by molar-refractivity contribution is 7.17. The van der Waals surface area contributed by atoms with Crippen molar-refractivity contribution in [1.82, 2.24) is 4.98 Å². The van der Waals surface area contributed by atoms with Crippen molar-refractivity contribution in [2.75, 3.05) is 17.7 Å². The summed E-state index contributed by atoms with van der Waals surface area (Å²) in [6, 6.07) is 6.72. The van der Waals surface area contributed by atoms with E-state index in [1.807, 2.05) is 6.07 Å². The van der Waals surface area contributed by atoms with E-state index in [-0.39, 0.29) is 5.78 Å². The fourth-order valence-electron chi connectivity index (χ4n) is 2.32. The second kappa shape index (κ2) is 6.15. The predicted molar refractivity (Wildman–Crippen MR) is 85.0 cm³/mol. The molecule has 0 bridgehead atoms. The lowest BCUT2D eigenvalue weighted by Gasteiger charge is -2.09. The molecule has 6 nitrogen and oxygen atoms in total. The molecule has 2 N–H and O–H groups in total. The molecule has 0 saturated carbocycles. The van der Waals surface area contributed by atoms with Crippen LogP contribution in [0.15, 0.2) is 24.3 Å². The summed E-state index contributed by atoms with van der Waals surface area (Å²) in [5.41, 5.74) is 1.36. The van der Waals surface area contributed by atoms with E-state index in [2.05, 4.69) is 15.6 Å². The summed E-state index contributed by atoms with van der Waals surface area (Å²) in [5.74, 6) is 0.684. The number of methoxy groups -OCH3 is 1. The summed E-state index contributed by atoms with van der Waals surface area (Å²) in [7, 11) is 1.54. The molecule has 22 heavy (non-hydrogen) atoms. The van der Waals surface area contributed by atoms with Crippen LogP contribution < -0.4 is 15.4 Å². The van der Waals surface area contributed by atoms with E-state index < -0.39 is 6.03 Å². The van der Waals surface area contributed by atoms with E-state index >= 15 is 0 Å². The number of aromatic nitrogens is 1. The molecular weight excluding hydrogens is 302 g/mol. The van der Waals surface area contributed by atoms with E-state index in [1.54, 1.807) is 25.3 Å². The minimum absolute atomic E-state index is 0.108. The van der Waals surface area contributed by atoms with Crippen molar-refractivity contribution in [3.63, 3.8) is 0 Å². The molecule has 0 radical (unpaired) electrons. The molecule has 0 atom stereocenters. The maximum atomic E-state index is 12.0. The summed E-state index contributed by atoms with van der Waals surface area (Å²) < 4.78 is 5.18. The number of anilines is 2. The molecule has 0 aliphatic heterocycles. The van der Waals surface area contributed by atoms with E-state index in [9.17, 15) is 9.59 Å². The largest absolute Gasteiger partial charge is 0.495 e. The number of amides is 2. The van der Waals surface area contributed by atoms with Crippen LogP contribution >= 0.6 is 11.3 Å². The van der Waals surface area contributed by atoms with Gasteiger partial charge in [0.15, 0.2) is 10.9 Å². The third-order valence-electron chi connectivity index (χ3n) is 3.34. The fourth-order valence-corrected chi connectivity index (χ4v) is 3.30.